The van der Waals surface area contributed by atoms with Crippen LogP contribution in [0.3, 0.4) is 0 Å². The average molecular weight is 711 g/mol. The number of aromatic carboxylic acids is 1. The molecule has 0 saturated heterocycles. The largest absolute Gasteiger partial charge is 0.489 e. The molecule has 260 valence electrons. The van der Waals surface area contributed by atoms with Crippen LogP contribution in [0.5, 0.6) is 5.75 Å². The molecule has 1 saturated carbocycles. The topological polar surface area (TPSA) is 76.4 Å². The molecule has 4 aromatic carbocycles. The molecule has 0 amide bonds. The highest BCUT2D eigenvalue weighted by Crippen LogP contribution is 2.38. The highest BCUT2D eigenvalue weighted by Gasteiger charge is 2.31. The smallest absolute Gasteiger partial charge is 0.335 e. The van der Waals surface area contributed by atoms with Crippen molar-refractivity contribution in [3.63, 3.8) is 0 Å². The van der Waals surface area contributed by atoms with Crippen LogP contribution in [0.2, 0.25) is 0 Å². The number of ether oxygens (including phenoxy) is 1. The van der Waals surface area contributed by atoms with Gasteiger partial charge in [-0.05, 0) is 102 Å². The molecule has 5 aromatic rings. The molecule has 1 heterocycles. The highest BCUT2D eigenvalue weighted by molar-refractivity contribution is 6.24. The maximum atomic E-state index is 11.3. The summed E-state index contributed by atoms with van der Waals surface area (Å²) in [4.78, 5) is 16.3. The molecule has 1 fully saturated rings. The number of carboxylic acid groups (broad SMARTS) is 1. The second-order valence-corrected chi connectivity index (χ2v) is 14.5. The summed E-state index contributed by atoms with van der Waals surface area (Å²) in [6.07, 6.45) is 11.2. The van der Waals surface area contributed by atoms with Gasteiger partial charge in [-0.2, -0.15) is 0 Å². The van der Waals surface area contributed by atoms with Gasteiger partial charge in [0.25, 0.3) is 0 Å². The third-order valence-corrected chi connectivity index (χ3v) is 10.6. The molecule has 2 N–H and O–H groups in total. The number of halogens is 2. The molecule has 50 heavy (non-hydrogen) atoms. The lowest BCUT2D eigenvalue weighted by Gasteiger charge is -2.28. The summed E-state index contributed by atoms with van der Waals surface area (Å²) in [5.41, 5.74) is 4.54. The number of nitrogens with one attached hydrogen (secondary N) is 1. The Morgan fingerprint density at radius 2 is 1.80 bits per heavy atom. The van der Waals surface area contributed by atoms with Gasteiger partial charge in [0.15, 0.2) is 0 Å². The Balaban J connectivity index is 1.05. The molecule has 0 radical (unpaired) electrons. The monoisotopic (exact) mass is 709 g/mol. The molecule has 0 bridgehead atoms. The highest BCUT2D eigenvalue weighted by atomic mass is 35.5. The van der Waals surface area contributed by atoms with Gasteiger partial charge in [-0.3, -0.25) is 0 Å². The van der Waals surface area contributed by atoms with Crippen molar-refractivity contribution in [2.24, 2.45) is 0 Å². The molecule has 1 aliphatic carbocycles. The quantitative estimate of drug-likeness (QED) is 0.0836. The minimum atomic E-state index is -0.949. The molecule has 3 unspecified atom stereocenters. The zero-order valence-corrected chi connectivity index (χ0v) is 30.0. The van der Waals surface area contributed by atoms with Gasteiger partial charge in [0, 0.05) is 36.0 Å². The number of carboxylic acids is 1. The summed E-state index contributed by atoms with van der Waals surface area (Å²) in [7, 11) is 0. The average Bonchev–Trinajstić information content (AvgIpc) is 3.53. The summed E-state index contributed by atoms with van der Waals surface area (Å²) in [5.74, 6) is 1.36. The van der Waals surface area contributed by atoms with Gasteiger partial charge in [0.05, 0.1) is 11.3 Å². The van der Waals surface area contributed by atoms with Gasteiger partial charge in [0.2, 0.25) is 0 Å². The van der Waals surface area contributed by atoms with E-state index in [9.17, 15) is 9.90 Å². The Hall–Kier alpha value is -4.10. The number of hydrogen-bond acceptors (Lipinski definition) is 4. The van der Waals surface area contributed by atoms with Crippen LogP contribution in [0.1, 0.15) is 89.4 Å². The van der Waals surface area contributed by atoms with Crippen LogP contribution in [0, 0.1) is 0 Å². The van der Waals surface area contributed by atoms with E-state index in [4.69, 9.17) is 32.9 Å². The van der Waals surface area contributed by atoms with Crippen LogP contribution in [-0.2, 0) is 13.2 Å². The van der Waals surface area contributed by atoms with E-state index in [1.54, 1.807) is 18.2 Å². The Kier molecular flexibility index (Phi) is 12.3. The second kappa shape index (κ2) is 17.2. The first-order valence-corrected chi connectivity index (χ1v) is 18.5. The van der Waals surface area contributed by atoms with Crippen LogP contribution < -0.4 is 10.1 Å². The van der Waals surface area contributed by atoms with Crippen molar-refractivity contribution >= 4 is 52.1 Å². The van der Waals surface area contributed by atoms with Crippen LogP contribution in [0.25, 0.3) is 22.9 Å². The predicted molar refractivity (Wildman–Crippen MR) is 206 cm³/mol. The first-order valence-electron chi connectivity index (χ1n) is 17.6. The fraction of sp³-hybridized carbons (Fsp3) is 0.333. The summed E-state index contributed by atoms with van der Waals surface area (Å²) >= 11 is 13.2. The van der Waals surface area contributed by atoms with Gasteiger partial charge in [-0.1, -0.05) is 79.7 Å². The molecule has 0 aliphatic heterocycles. The number of alkyl halides is 2. The van der Waals surface area contributed by atoms with Crippen molar-refractivity contribution in [2.45, 2.75) is 74.8 Å². The maximum Gasteiger partial charge on any atom is 0.335 e. The lowest BCUT2D eigenvalue weighted by Crippen LogP contribution is -2.24. The Morgan fingerprint density at radius 1 is 1.00 bits per heavy atom. The Bertz CT molecular complexity index is 1900. The third-order valence-electron chi connectivity index (χ3n) is 9.67. The van der Waals surface area contributed by atoms with Gasteiger partial charge in [0.1, 0.15) is 18.2 Å². The molecule has 1 aliphatic rings. The number of nitrogens with zero attached hydrogens (tertiary/aromatic N) is 2. The predicted octanol–water partition coefficient (Wildman–Crippen LogP) is 10.1. The second-order valence-electron chi connectivity index (χ2n) is 13.3. The first-order chi connectivity index (χ1) is 24.3. The number of aromatic nitrogens is 2. The number of carbonyl (C=O) groups is 1. The van der Waals surface area contributed by atoms with E-state index in [0.29, 0.717) is 18.3 Å². The van der Waals surface area contributed by atoms with Crippen LogP contribution >= 0.6 is 23.2 Å². The van der Waals surface area contributed by atoms with E-state index < -0.39 is 5.97 Å². The molecule has 1 aromatic heterocycles. The number of benzene rings is 4. The molecule has 0 spiro atoms. The zero-order valence-electron chi connectivity index (χ0n) is 28.5. The number of rotatable bonds is 15. The zero-order chi connectivity index (χ0) is 34.9. The Morgan fingerprint density at radius 3 is 2.62 bits per heavy atom. The van der Waals surface area contributed by atoms with E-state index in [1.165, 1.54) is 16.3 Å². The number of hydrogen-bond donors (Lipinski definition) is 2. The first kappa shape index (κ1) is 35.7. The number of fused-ring (bicyclic) bond motifs is 1. The normalized spacial score (nSPS) is 18.4. The van der Waals surface area contributed by atoms with Crippen molar-refractivity contribution in [2.75, 3.05) is 13.1 Å². The summed E-state index contributed by atoms with van der Waals surface area (Å²) in [6.45, 7) is 5.24. The summed E-state index contributed by atoms with van der Waals surface area (Å²) < 4.78 is 8.15. The van der Waals surface area contributed by atoms with Gasteiger partial charge < -0.3 is 19.7 Å². The van der Waals surface area contributed by atoms with E-state index in [0.717, 1.165) is 74.4 Å². The van der Waals surface area contributed by atoms with Crippen molar-refractivity contribution in [1.82, 2.24) is 14.9 Å². The van der Waals surface area contributed by atoms with E-state index in [2.05, 4.69) is 77.6 Å². The van der Waals surface area contributed by atoms with E-state index >= 15 is 0 Å². The Labute approximate surface area is 305 Å². The third kappa shape index (κ3) is 9.36. The lowest BCUT2D eigenvalue weighted by atomic mass is 9.86. The maximum absolute atomic E-state index is 11.3. The summed E-state index contributed by atoms with van der Waals surface area (Å²) in [6, 6.07) is 29.9. The standard InChI is InChI=1S/C42H45Cl2N3O3/c1-29(36-13-5-10-32-9-2-3-12-37(32)36)7-6-22-45-23-24-47-27-40(38-20-17-34(43)26-39(38)44)46-41(47)21-16-30-14-18-35(19-15-30)50-28-31-8-4-11-33(25-31)42(48)49/h2-5,8-16,18-19,21,25,27,29,34,38-39,45H,6-7,17,20,22-24,26,28H2,1H3,(H,48,49)/b21-16+/t29?,34-,38?,39?/m0/s1. The van der Waals surface area contributed by atoms with E-state index in [-0.39, 0.29) is 22.2 Å². The molecule has 8 heteroatoms. The number of imidazole rings is 1. The molecule has 4 atom stereocenters. The van der Waals surface area contributed by atoms with Crippen LogP contribution in [0.4, 0.5) is 0 Å². The van der Waals surface area contributed by atoms with Crippen molar-refractivity contribution in [3.05, 3.63) is 131 Å². The van der Waals surface area contributed by atoms with Gasteiger partial charge in [-0.15, -0.1) is 23.2 Å². The lowest BCUT2D eigenvalue weighted by molar-refractivity contribution is 0.0696. The minimum Gasteiger partial charge on any atom is -0.489 e. The van der Waals surface area contributed by atoms with Crippen molar-refractivity contribution < 1.29 is 14.6 Å². The van der Waals surface area contributed by atoms with Crippen LogP contribution in [0.15, 0.2) is 97.2 Å². The SMILES string of the molecule is CC(CCCNCCn1cc(C2CC[C@H](Cl)CC2Cl)nc1/C=C/c1ccc(OCc2cccc(C(=O)O)c2)cc1)c1cccc2ccccc12. The fourth-order valence-electron chi connectivity index (χ4n) is 6.84. The van der Waals surface area contributed by atoms with Crippen molar-refractivity contribution in [3.8, 4) is 5.75 Å². The summed E-state index contributed by atoms with van der Waals surface area (Å²) in [5, 5.41) is 15.7. The van der Waals surface area contributed by atoms with E-state index in [1.807, 2.05) is 30.3 Å². The molecule has 6 rings (SSSR count). The molecular formula is C42H45Cl2N3O3. The van der Waals surface area contributed by atoms with Crippen LogP contribution in [-0.4, -0.2) is 44.5 Å². The fourth-order valence-corrected chi connectivity index (χ4v) is 7.72. The molecular weight excluding hydrogens is 665 g/mol. The minimum absolute atomic E-state index is 0.0209. The van der Waals surface area contributed by atoms with Gasteiger partial charge >= 0.3 is 5.97 Å². The van der Waals surface area contributed by atoms with Gasteiger partial charge in [-0.25, -0.2) is 9.78 Å². The molecule has 6 nitrogen and oxygen atoms in total. The van der Waals surface area contributed by atoms with Crippen molar-refractivity contribution in [1.29, 1.82) is 0 Å².